The average Bonchev–Trinajstić information content (AvgIpc) is 3.12. The van der Waals surface area contributed by atoms with Gasteiger partial charge in [-0.3, -0.25) is 9.78 Å². The van der Waals surface area contributed by atoms with Crippen molar-refractivity contribution in [2.45, 2.75) is 28.9 Å². The molecule has 5 heterocycles. The molecule has 0 aromatic carbocycles. The molecule has 1 saturated carbocycles. The summed E-state index contributed by atoms with van der Waals surface area (Å²) in [6.07, 6.45) is 5.72. The first-order valence-corrected chi connectivity index (χ1v) is 11.8. The van der Waals surface area contributed by atoms with Gasteiger partial charge in [-0.25, -0.2) is 19.9 Å². The Bertz CT molecular complexity index is 1430. The summed E-state index contributed by atoms with van der Waals surface area (Å²) in [5.41, 5.74) is 13.7. The highest BCUT2D eigenvalue weighted by atomic mass is 35.5. The summed E-state index contributed by atoms with van der Waals surface area (Å²) < 4.78 is 0. The van der Waals surface area contributed by atoms with Crippen molar-refractivity contribution in [2.75, 3.05) is 18.0 Å². The second-order valence-corrected chi connectivity index (χ2v) is 9.83. The number of primary amides is 1. The first-order chi connectivity index (χ1) is 15.9. The predicted molar refractivity (Wildman–Crippen MR) is 125 cm³/mol. The van der Waals surface area contributed by atoms with Crippen molar-refractivity contribution < 1.29 is 4.79 Å². The Kier molecular flexibility index (Phi) is 4.51. The number of anilines is 1. The van der Waals surface area contributed by atoms with Crippen molar-refractivity contribution in [2.24, 2.45) is 23.3 Å². The van der Waals surface area contributed by atoms with Crippen molar-refractivity contribution in [3.05, 3.63) is 35.4 Å². The van der Waals surface area contributed by atoms with E-state index < -0.39 is 11.4 Å². The van der Waals surface area contributed by atoms with Gasteiger partial charge in [-0.1, -0.05) is 18.5 Å². The third kappa shape index (κ3) is 3.06. The number of amides is 1. The fraction of sp³-hybridized carbons (Fsp3) is 0.333. The number of fused-ring (bicyclic) bond motifs is 3. The molecule has 6 rings (SSSR count). The van der Waals surface area contributed by atoms with Crippen molar-refractivity contribution in [1.82, 2.24) is 29.9 Å². The standard InChI is InChI=1S/C21H20ClN9OS/c1-2-12-15(22)14-17(28-12)29-20(33-9-5-13-16(27-6-9)26-4-3-25-13)30-18(14)31-7-10-11(8-31)21(10,24)19(23)32/h3-6,10-11H,2,7-8,24H2,1H3,(H2,23,32)(H,28,29,30)/t10-,11?,21-/m0/s1. The molecule has 0 bridgehead atoms. The maximum atomic E-state index is 11.8. The Morgan fingerprint density at radius 3 is 2.76 bits per heavy atom. The van der Waals surface area contributed by atoms with Crippen LogP contribution in [0.5, 0.6) is 0 Å². The van der Waals surface area contributed by atoms with E-state index in [1.165, 1.54) is 11.8 Å². The summed E-state index contributed by atoms with van der Waals surface area (Å²) in [6.45, 7) is 3.22. The number of pyridine rings is 1. The van der Waals surface area contributed by atoms with E-state index in [9.17, 15) is 4.79 Å². The molecule has 33 heavy (non-hydrogen) atoms. The Morgan fingerprint density at radius 1 is 1.27 bits per heavy atom. The first-order valence-electron chi connectivity index (χ1n) is 10.6. The van der Waals surface area contributed by atoms with Gasteiger partial charge in [0, 0.05) is 54.1 Å². The van der Waals surface area contributed by atoms with Gasteiger partial charge >= 0.3 is 0 Å². The van der Waals surface area contributed by atoms with Gasteiger partial charge < -0.3 is 21.4 Å². The number of hydrogen-bond donors (Lipinski definition) is 3. The molecular weight excluding hydrogens is 462 g/mol. The van der Waals surface area contributed by atoms with Gasteiger partial charge in [0.2, 0.25) is 5.91 Å². The topological polar surface area (TPSA) is 153 Å². The van der Waals surface area contributed by atoms with E-state index in [2.05, 4.69) is 24.8 Å². The Balaban J connectivity index is 1.39. The molecule has 168 valence electrons. The third-order valence-electron chi connectivity index (χ3n) is 6.65. The van der Waals surface area contributed by atoms with Crippen LogP contribution in [0.25, 0.3) is 22.2 Å². The van der Waals surface area contributed by atoms with Crippen LogP contribution in [-0.4, -0.2) is 54.4 Å². The molecule has 1 aliphatic carbocycles. The summed E-state index contributed by atoms with van der Waals surface area (Å²) in [6, 6.07) is 1.91. The molecule has 5 N–H and O–H groups in total. The molecule has 1 unspecified atom stereocenters. The number of nitrogens with one attached hydrogen (secondary N) is 1. The van der Waals surface area contributed by atoms with E-state index in [1.807, 2.05) is 13.0 Å². The number of nitrogens with two attached hydrogens (primary N) is 2. The van der Waals surface area contributed by atoms with Gasteiger partial charge in [0.1, 0.15) is 22.5 Å². The molecule has 0 spiro atoms. The van der Waals surface area contributed by atoms with Crippen LogP contribution in [0.2, 0.25) is 5.02 Å². The van der Waals surface area contributed by atoms with Gasteiger partial charge in [0.25, 0.3) is 0 Å². The highest BCUT2D eigenvalue weighted by molar-refractivity contribution is 7.99. The molecule has 1 aliphatic heterocycles. The van der Waals surface area contributed by atoms with Gasteiger partial charge in [-0.15, -0.1) is 0 Å². The molecule has 3 atom stereocenters. The van der Waals surface area contributed by atoms with Crippen LogP contribution in [-0.2, 0) is 11.2 Å². The zero-order valence-corrected chi connectivity index (χ0v) is 19.2. The second-order valence-electron chi connectivity index (χ2n) is 8.41. The van der Waals surface area contributed by atoms with E-state index in [0.29, 0.717) is 40.1 Å². The molecular formula is C21H20ClN9OS. The van der Waals surface area contributed by atoms with E-state index >= 15 is 0 Å². The molecule has 1 saturated heterocycles. The van der Waals surface area contributed by atoms with Crippen LogP contribution in [0.15, 0.2) is 34.7 Å². The number of hydrogen-bond acceptors (Lipinski definition) is 9. The Hall–Kier alpha value is -3.02. The zero-order chi connectivity index (χ0) is 22.9. The summed E-state index contributed by atoms with van der Waals surface area (Å²) in [4.78, 5) is 40.6. The van der Waals surface area contributed by atoms with Crippen molar-refractivity contribution in [3.63, 3.8) is 0 Å². The number of nitrogens with zero attached hydrogens (tertiary/aromatic N) is 6. The quantitative estimate of drug-likeness (QED) is 0.363. The lowest BCUT2D eigenvalue weighted by Crippen LogP contribution is -2.47. The number of carbonyl (C=O) groups is 1. The van der Waals surface area contributed by atoms with E-state index in [4.69, 9.17) is 33.0 Å². The largest absolute Gasteiger partial charge is 0.368 e. The minimum atomic E-state index is -0.922. The molecule has 2 fully saturated rings. The number of aryl methyl sites for hydroxylation is 1. The number of aromatic nitrogens is 6. The second kappa shape index (κ2) is 7.24. The van der Waals surface area contributed by atoms with Crippen molar-refractivity contribution in [1.29, 1.82) is 0 Å². The summed E-state index contributed by atoms with van der Waals surface area (Å²) in [5, 5.41) is 1.96. The smallest absolute Gasteiger partial charge is 0.238 e. The molecule has 1 amide bonds. The number of H-pyrrole nitrogens is 1. The van der Waals surface area contributed by atoms with Crippen molar-refractivity contribution >= 4 is 57.3 Å². The summed E-state index contributed by atoms with van der Waals surface area (Å²) in [7, 11) is 0. The van der Waals surface area contributed by atoms with Crippen LogP contribution in [0, 0.1) is 11.8 Å². The summed E-state index contributed by atoms with van der Waals surface area (Å²) in [5.74, 6) is 0.322. The summed E-state index contributed by atoms with van der Waals surface area (Å²) >= 11 is 8.09. The van der Waals surface area contributed by atoms with Gasteiger partial charge in [0.05, 0.1) is 10.4 Å². The van der Waals surface area contributed by atoms with E-state index in [1.54, 1.807) is 18.6 Å². The highest BCUT2D eigenvalue weighted by Gasteiger charge is 2.70. The van der Waals surface area contributed by atoms with E-state index in [-0.39, 0.29) is 11.8 Å². The van der Waals surface area contributed by atoms with Crippen LogP contribution in [0.3, 0.4) is 0 Å². The predicted octanol–water partition coefficient (Wildman–Crippen LogP) is 1.91. The Morgan fingerprint density at radius 2 is 2.03 bits per heavy atom. The van der Waals surface area contributed by atoms with Gasteiger partial charge in [0.15, 0.2) is 10.8 Å². The number of halogens is 1. The monoisotopic (exact) mass is 481 g/mol. The maximum Gasteiger partial charge on any atom is 0.238 e. The minimum absolute atomic E-state index is 0.0164. The minimum Gasteiger partial charge on any atom is -0.368 e. The number of aromatic amines is 1. The van der Waals surface area contributed by atoms with Gasteiger partial charge in [-0.05, 0) is 24.2 Å². The molecule has 2 aliphatic rings. The fourth-order valence-corrected chi connectivity index (χ4v) is 5.91. The highest BCUT2D eigenvalue weighted by Crippen LogP contribution is 2.54. The maximum absolute atomic E-state index is 11.8. The normalized spacial score (nSPS) is 23.9. The fourth-order valence-electron chi connectivity index (χ4n) is 4.80. The lowest BCUT2D eigenvalue weighted by molar-refractivity contribution is -0.120. The molecule has 4 aromatic rings. The van der Waals surface area contributed by atoms with Gasteiger partial charge in [-0.2, -0.15) is 0 Å². The van der Waals surface area contributed by atoms with Crippen molar-refractivity contribution in [3.8, 4) is 0 Å². The first kappa shape index (κ1) is 20.6. The molecule has 0 radical (unpaired) electrons. The van der Waals surface area contributed by atoms with Crippen LogP contribution >= 0.6 is 23.4 Å². The van der Waals surface area contributed by atoms with Crippen LogP contribution in [0.4, 0.5) is 5.82 Å². The number of carbonyl (C=O) groups excluding carboxylic acids is 1. The number of piperidine rings is 1. The number of rotatable bonds is 5. The average molecular weight is 482 g/mol. The molecule has 10 nitrogen and oxygen atoms in total. The molecule has 12 heteroatoms. The zero-order valence-electron chi connectivity index (χ0n) is 17.6. The van der Waals surface area contributed by atoms with Crippen LogP contribution < -0.4 is 16.4 Å². The van der Waals surface area contributed by atoms with E-state index in [0.717, 1.165) is 28.2 Å². The lowest BCUT2D eigenvalue weighted by atomic mass is 10.1. The SMILES string of the molecule is CCc1[nH]c2nc(Sc3cnc4nccnc4c3)nc(N3CC4[C@H](C3)[C@@]4(N)C(N)=O)c2c1Cl. The van der Waals surface area contributed by atoms with Crippen LogP contribution in [0.1, 0.15) is 12.6 Å². The molecule has 4 aromatic heterocycles. The lowest BCUT2D eigenvalue weighted by Gasteiger charge is -2.24. The third-order valence-corrected chi connectivity index (χ3v) is 7.89. The Labute approximate surface area is 197 Å².